The van der Waals surface area contributed by atoms with Crippen molar-refractivity contribution in [1.82, 2.24) is 5.32 Å². The molecule has 0 saturated heterocycles. The van der Waals surface area contributed by atoms with Crippen molar-refractivity contribution in [3.05, 3.63) is 0 Å². The highest BCUT2D eigenvalue weighted by Gasteiger charge is 2.50. The maximum atomic E-state index is 3.52. The standard InChI is InChI=1S/C13H19N/c1-2-3-14-13-7-10-4-11(8-13)6-12(5-10)9-13/h10-12,14H,4-9H2,1H3. The zero-order valence-electron chi connectivity index (χ0n) is 8.97. The molecule has 4 bridgehead atoms. The molecule has 1 nitrogen and oxygen atoms in total. The quantitative estimate of drug-likeness (QED) is 0.494. The van der Waals surface area contributed by atoms with Crippen molar-refractivity contribution < 1.29 is 0 Å². The van der Waals surface area contributed by atoms with Gasteiger partial charge in [-0.3, -0.25) is 0 Å². The fourth-order valence-corrected chi connectivity index (χ4v) is 4.46. The fraction of sp³-hybridized carbons (Fsp3) is 0.846. The average molecular weight is 189 g/mol. The van der Waals surface area contributed by atoms with Crippen LogP contribution in [0.5, 0.6) is 0 Å². The normalized spacial score (nSPS) is 48.5. The molecule has 0 atom stereocenters. The number of hydrogen-bond donors (Lipinski definition) is 1. The monoisotopic (exact) mass is 189 g/mol. The van der Waals surface area contributed by atoms with Crippen molar-refractivity contribution in [2.75, 3.05) is 0 Å². The first kappa shape index (κ1) is 8.65. The van der Waals surface area contributed by atoms with Crippen LogP contribution in [-0.2, 0) is 0 Å². The van der Waals surface area contributed by atoms with Crippen LogP contribution >= 0.6 is 0 Å². The first-order valence-corrected chi connectivity index (χ1v) is 5.98. The summed E-state index contributed by atoms with van der Waals surface area (Å²) < 4.78 is 0. The third-order valence-electron chi connectivity index (χ3n) is 4.49. The van der Waals surface area contributed by atoms with E-state index in [1.807, 2.05) is 6.92 Å². The molecule has 4 aliphatic carbocycles. The summed E-state index contributed by atoms with van der Waals surface area (Å²) in [6.07, 6.45) is 8.73. The summed E-state index contributed by atoms with van der Waals surface area (Å²) in [5.74, 6) is 6.04. The molecule has 0 spiro atoms. The number of rotatable bonds is 1. The Hall–Kier alpha value is -0.640. The predicted octanol–water partition coefficient (Wildman–Crippen LogP) is 2.53. The lowest BCUT2D eigenvalue weighted by atomic mass is 9.53. The Morgan fingerprint density at radius 1 is 1.00 bits per heavy atom. The Morgan fingerprint density at radius 2 is 1.50 bits per heavy atom. The Bertz CT molecular complexity index is 259. The summed E-state index contributed by atoms with van der Waals surface area (Å²) in [6, 6.07) is 3.11. The van der Waals surface area contributed by atoms with Crippen LogP contribution in [0, 0.1) is 29.7 Å². The minimum Gasteiger partial charge on any atom is -0.340 e. The Labute approximate surface area is 86.7 Å². The molecule has 1 N–H and O–H groups in total. The van der Waals surface area contributed by atoms with E-state index in [0.717, 1.165) is 17.8 Å². The average Bonchev–Trinajstić information content (AvgIpc) is 2.12. The van der Waals surface area contributed by atoms with Gasteiger partial charge in [-0.05, 0) is 63.2 Å². The predicted molar refractivity (Wildman–Crippen MR) is 57.5 cm³/mol. The molecule has 4 fully saturated rings. The second kappa shape index (κ2) is 2.92. The highest BCUT2D eigenvalue weighted by atomic mass is 15.0. The first-order chi connectivity index (χ1) is 6.80. The lowest BCUT2D eigenvalue weighted by molar-refractivity contribution is -0.0115. The van der Waals surface area contributed by atoms with Gasteiger partial charge in [0.15, 0.2) is 0 Å². The lowest BCUT2D eigenvalue weighted by Crippen LogP contribution is -2.57. The molecule has 0 aromatic carbocycles. The summed E-state index contributed by atoms with van der Waals surface area (Å²) in [5, 5.41) is 3.52. The smallest absolute Gasteiger partial charge is 0.0457 e. The molecule has 0 aliphatic heterocycles. The Kier molecular flexibility index (Phi) is 1.81. The van der Waals surface area contributed by atoms with E-state index in [-0.39, 0.29) is 0 Å². The van der Waals surface area contributed by atoms with Crippen LogP contribution in [0.3, 0.4) is 0 Å². The molecular weight excluding hydrogens is 170 g/mol. The molecule has 0 aromatic heterocycles. The van der Waals surface area contributed by atoms with Gasteiger partial charge in [-0.2, -0.15) is 0 Å². The van der Waals surface area contributed by atoms with Crippen LogP contribution in [0.2, 0.25) is 0 Å². The zero-order chi connectivity index (χ0) is 9.60. The van der Waals surface area contributed by atoms with Gasteiger partial charge < -0.3 is 5.32 Å². The number of nitrogens with one attached hydrogen (secondary N) is 1. The van der Waals surface area contributed by atoms with Gasteiger partial charge in [0.2, 0.25) is 0 Å². The minimum atomic E-state index is 0.428. The first-order valence-electron chi connectivity index (χ1n) is 5.98. The van der Waals surface area contributed by atoms with Crippen molar-refractivity contribution >= 4 is 0 Å². The van der Waals surface area contributed by atoms with Crippen LogP contribution in [0.25, 0.3) is 0 Å². The second-order valence-electron chi connectivity index (χ2n) is 5.70. The van der Waals surface area contributed by atoms with Crippen LogP contribution < -0.4 is 5.32 Å². The van der Waals surface area contributed by atoms with Gasteiger partial charge in [0.25, 0.3) is 0 Å². The molecule has 0 aromatic rings. The van der Waals surface area contributed by atoms with Gasteiger partial charge in [-0.15, -0.1) is 0 Å². The molecule has 4 rings (SSSR count). The van der Waals surface area contributed by atoms with Crippen LogP contribution in [0.1, 0.15) is 45.4 Å². The van der Waals surface area contributed by atoms with E-state index in [0.29, 0.717) is 5.54 Å². The molecule has 0 radical (unpaired) electrons. The molecule has 0 heterocycles. The zero-order valence-corrected chi connectivity index (χ0v) is 8.97. The molecule has 76 valence electrons. The molecule has 4 saturated carbocycles. The van der Waals surface area contributed by atoms with Gasteiger partial charge in [0, 0.05) is 11.6 Å². The van der Waals surface area contributed by atoms with Gasteiger partial charge >= 0.3 is 0 Å². The SMILES string of the molecule is CC#CNC12CC3CC(CC(C3)C1)C2. The highest BCUT2D eigenvalue weighted by molar-refractivity contribution is 5.10. The van der Waals surface area contributed by atoms with E-state index in [1.165, 1.54) is 38.5 Å². The highest BCUT2D eigenvalue weighted by Crippen LogP contribution is 2.55. The van der Waals surface area contributed by atoms with E-state index in [1.54, 1.807) is 0 Å². The van der Waals surface area contributed by atoms with E-state index in [2.05, 4.69) is 17.3 Å². The van der Waals surface area contributed by atoms with Gasteiger partial charge in [0.05, 0.1) is 0 Å². The molecule has 4 aliphatic rings. The summed E-state index contributed by atoms with van der Waals surface area (Å²) in [6.45, 7) is 1.92. The molecular formula is C13H19N. The second-order valence-corrected chi connectivity index (χ2v) is 5.70. The van der Waals surface area contributed by atoms with Crippen LogP contribution in [0.15, 0.2) is 0 Å². The minimum absolute atomic E-state index is 0.428. The van der Waals surface area contributed by atoms with E-state index < -0.39 is 0 Å². The van der Waals surface area contributed by atoms with E-state index in [4.69, 9.17) is 0 Å². The van der Waals surface area contributed by atoms with Crippen molar-refractivity contribution in [2.24, 2.45) is 17.8 Å². The van der Waals surface area contributed by atoms with Crippen LogP contribution in [0.4, 0.5) is 0 Å². The maximum absolute atomic E-state index is 3.52. The summed E-state index contributed by atoms with van der Waals surface area (Å²) >= 11 is 0. The number of hydrogen-bond acceptors (Lipinski definition) is 1. The Morgan fingerprint density at radius 3 is 1.93 bits per heavy atom. The van der Waals surface area contributed by atoms with Gasteiger partial charge in [-0.1, -0.05) is 5.92 Å². The van der Waals surface area contributed by atoms with Crippen molar-refractivity contribution in [2.45, 2.75) is 51.0 Å². The largest absolute Gasteiger partial charge is 0.340 e. The van der Waals surface area contributed by atoms with Gasteiger partial charge in [-0.25, -0.2) is 0 Å². The lowest BCUT2D eigenvalue weighted by Gasteiger charge is -2.56. The third-order valence-corrected chi connectivity index (χ3v) is 4.49. The van der Waals surface area contributed by atoms with Gasteiger partial charge in [0.1, 0.15) is 0 Å². The third kappa shape index (κ3) is 1.24. The molecule has 14 heavy (non-hydrogen) atoms. The van der Waals surface area contributed by atoms with Crippen molar-refractivity contribution in [1.29, 1.82) is 0 Å². The van der Waals surface area contributed by atoms with E-state index in [9.17, 15) is 0 Å². The van der Waals surface area contributed by atoms with E-state index >= 15 is 0 Å². The molecule has 0 unspecified atom stereocenters. The van der Waals surface area contributed by atoms with Crippen LogP contribution in [-0.4, -0.2) is 5.54 Å². The summed E-state index contributed by atoms with van der Waals surface area (Å²) in [4.78, 5) is 0. The summed E-state index contributed by atoms with van der Waals surface area (Å²) in [7, 11) is 0. The van der Waals surface area contributed by atoms with Crippen molar-refractivity contribution in [3.8, 4) is 12.0 Å². The summed E-state index contributed by atoms with van der Waals surface area (Å²) in [5.41, 5.74) is 0.428. The Balaban J connectivity index is 1.82. The molecule has 0 amide bonds. The molecule has 1 heteroatoms. The fourth-order valence-electron chi connectivity index (χ4n) is 4.46. The topological polar surface area (TPSA) is 12.0 Å². The maximum Gasteiger partial charge on any atom is 0.0457 e. The van der Waals surface area contributed by atoms with Crippen molar-refractivity contribution in [3.63, 3.8) is 0 Å².